The monoisotopic (exact) mass is 192 g/mol. The molecule has 4 heteroatoms. The van der Waals surface area contributed by atoms with Gasteiger partial charge >= 0.3 is 0 Å². The van der Waals surface area contributed by atoms with Gasteiger partial charge in [0.15, 0.2) is 5.78 Å². The fourth-order valence-corrected chi connectivity index (χ4v) is 1.14. The van der Waals surface area contributed by atoms with Crippen molar-refractivity contribution in [1.82, 2.24) is 0 Å². The molecule has 1 aromatic carbocycles. The van der Waals surface area contributed by atoms with Gasteiger partial charge in [-0.2, -0.15) is 5.26 Å². The Morgan fingerprint density at radius 2 is 2.29 bits per heavy atom. The van der Waals surface area contributed by atoms with Crippen LogP contribution in [0.15, 0.2) is 18.2 Å². The summed E-state index contributed by atoms with van der Waals surface area (Å²) >= 11 is 0. The highest BCUT2D eigenvalue weighted by Gasteiger charge is 2.17. The molecular weight excluding hydrogens is 183 g/mol. The van der Waals surface area contributed by atoms with Crippen LogP contribution in [0.3, 0.4) is 0 Å². The van der Waals surface area contributed by atoms with Gasteiger partial charge in [-0.25, -0.2) is 4.39 Å². The maximum absolute atomic E-state index is 13.1. The van der Waals surface area contributed by atoms with Crippen LogP contribution >= 0.6 is 0 Å². The number of rotatable bonds is 2. The summed E-state index contributed by atoms with van der Waals surface area (Å²) in [5.74, 6) is -0.950. The molecule has 0 saturated carbocycles. The van der Waals surface area contributed by atoms with E-state index in [0.717, 1.165) is 6.07 Å². The molecule has 3 nitrogen and oxygen atoms in total. The smallest absolute Gasteiger partial charge is 0.151 e. The van der Waals surface area contributed by atoms with Crippen molar-refractivity contribution in [3.63, 3.8) is 0 Å². The maximum Gasteiger partial charge on any atom is 0.151 e. The Hall–Kier alpha value is -1.73. The van der Waals surface area contributed by atoms with E-state index in [0.29, 0.717) is 0 Å². The Morgan fingerprint density at radius 1 is 1.64 bits per heavy atom. The van der Waals surface area contributed by atoms with Crippen molar-refractivity contribution >= 4 is 5.78 Å². The van der Waals surface area contributed by atoms with Crippen LogP contribution in [0.1, 0.15) is 24.1 Å². The van der Waals surface area contributed by atoms with E-state index < -0.39 is 11.9 Å². The molecule has 0 bridgehead atoms. The number of carbonyl (C=O) groups is 1. The molecule has 0 amide bonds. The molecule has 1 atom stereocenters. The topological polar surface area (TPSA) is 66.9 Å². The number of benzene rings is 1. The second kappa shape index (κ2) is 3.99. The van der Waals surface area contributed by atoms with Gasteiger partial charge in [0.05, 0.1) is 11.6 Å². The summed E-state index contributed by atoms with van der Waals surface area (Å²) in [5.41, 5.74) is 5.59. The van der Waals surface area contributed by atoms with Crippen LogP contribution < -0.4 is 5.73 Å². The quantitative estimate of drug-likeness (QED) is 0.767. The predicted molar refractivity (Wildman–Crippen MR) is 48.7 cm³/mol. The van der Waals surface area contributed by atoms with Gasteiger partial charge in [-0.3, -0.25) is 4.79 Å². The summed E-state index contributed by atoms with van der Waals surface area (Å²) in [6.45, 7) is 1.30. The number of nitrogens with two attached hydrogens (primary N) is 1. The Morgan fingerprint density at radius 3 is 2.79 bits per heavy atom. The molecule has 2 N–H and O–H groups in total. The zero-order valence-electron chi connectivity index (χ0n) is 7.62. The SMILES string of the molecule is CC(=O)C(N)c1cccc(F)c1C#N. The average Bonchev–Trinajstić information content (AvgIpc) is 2.16. The molecule has 0 fully saturated rings. The van der Waals surface area contributed by atoms with E-state index in [1.807, 2.05) is 0 Å². The van der Waals surface area contributed by atoms with Crippen molar-refractivity contribution in [1.29, 1.82) is 5.26 Å². The van der Waals surface area contributed by atoms with Gasteiger partial charge in [0.2, 0.25) is 0 Å². The van der Waals surface area contributed by atoms with Crippen LogP contribution in [-0.4, -0.2) is 5.78 Å². The van der Waals surface area contributed by atoms with Crippen LogP contribution in [0, 0.1) is 17.1 Å². The number of carbonyl (C=O) groups excluding carboxylic acids is 1. The van der Waals surface area contributed by atoms with Gasteiger partial charge in [-0.15, -0.1) is 0 Å². The van der Waals surface area contributed by atoms with Crippen LogP contribution in [0.4, 0.5) is 4.39 Å². The molecule has 0 aliphatic carbocycles. The first-order valence-electron chi connectivity index (χ1n) is 4.02. The zero-order chi connectivity index (χ0) is 10.7. The van der Waals surface area contributed by atoms with Gasteiger partial charge in [0.1, 0.15) is 11.9 Å². The Kier molecular flexibility index (Phi) is 2.95. The summed E-state index contributed by atoms with van der Waals surface area (Å²) in [7, 11) is 0. The van der Waals surface area contributed by atoms with E-state index in [2.05, 4.69) is 0 Å². The molecule has 0 aliphatic heterocycles. The molecule has 0 heterocycles. The van der Waals surface area contributed by atoms with Crippen molar-refractivity contribution in [2.45, 2.75) is 13.0 Å². The second-order valence-corrected chi connectivity index (χ2v) is 2.90. The fraction of sp³-hybridized carbons (Fsp3) is 0.200. The largest absolute Gasteiger partial charge is 0.318 e. The van der Waals surface area contributed by atoms with Gasteiger partial charge < -0.3 is 5.73 Å². The molecule has 0 radical (unpaired) electrons. The molecule has 1 rings (SSSR count). The first kappa shape index (κ1) is 10.4. The van der Waals surface area contributed by atoms with Crippen LogP contribution in [0.2, 0.25) is 0 Å². The minimum absolute atomic E-state index is 0.157. The third kappa shape index (κ3) is 1.78. The van der Waals surface area contributed by atoms with Crippen molar-refractivity contribution in [2.75, 3.05) is 0 Å². The normalized spacial score (nSPS) is 11.9. The molecule has 0 aliphatic rings. The molecule has 0 saturated heterocycles. The number of hydrogen-bond donors (Lipinski definition) is 1. The number of ketones is 1. The summed E-state index contributed by atoms with van der Waals surface area (Å²) < 4.78 is 13.1. The highest BCUT2D eigenvalue weighted by molar-refractivity contribution is 5.83. The lowest BCUT2D eigenvalue weighted by Gasteiger charge is -2.09. The average molecular weight is 192 g/mol. The zero-order valence-corrected chi connectivity index (χ0v) is 7.62. The van der Waals surface area contributed by atoms with E-state index in [1.54, 1.807) is 6.07 Å². The molecule has 0 spiro atoms. The minimum Gasteiger partial charge on any atom is -0.318 e. The van der Waals surface area contributed by atoms with E-state index in [-0.39, 0.29) is 16.9 Å². The van der Waals surface area contributed by atoms with Crippen molar-refractivity contribution in [2.24, 2.45) is 5.73 Å². The number of nitriles is 1. The number of hydrogen-bond acceptors (Lipinski definition) is 3. The summed E-state index contributed by atoms with van der Waals surface area (Å²) in [6.07, 6.45) is 0. The number of halogens is 1. The molecule has 0 aromatic heterocycles. The second-order valence-electron chi connectivity index (χ2n) is 2.90. The third-order valence-electron chi connectivity index (χ3n) is 1.93. The first-order chi connectivity index (χ1) is 6.57. The number of Topliss-reactive ketones (excluding diaryl/α,β-unsaturated/α-hetero) is 1. The van der Waals surface area contributed by atoms with Gasteiger partial charge in [-0.05, 0) is 18.6 Å². The Labute approximate surface area is 81.0 Å². The van der Waals surface area contributed by atoms with E-state index in [4.69, 9.17) is 11.0 Å². The molecular formula is C10H9FN2O. The minimum atomic E-state index is -0.930. The van der Waals surface area contributed by atoms with E-state index >= 15 is 0 Å². The van der Waals surface area contributed by atoms with Gasteiger partial charge in [0, 0.05) is 0 Å². The summed E-state index contributed by atoms with van der Waals surface area (Å²) in [4.78, 5) is 11.0. The summed E-state index contributed by atoms with van der Waals surface area (Å²) in [5, 5.41) is 8.67. The highest BCUT2D eigenvalue weighted by Crippen LogP contribution is 2.18. The lowest BCUT2D eigenvalue weighted by Crippen LogP contribution is -2.20. The van der Waals surface area contributed by atoms with Crippen molar-refractivity contribution in [3.05, 3.63) is 35.1 Å². The molecule has 1 aromatic rings. The lowest BCUT2D eigenvalue weighted by molar-refractivity contribution is -0.118. The van der Waals surface area contributed by atoms with Crippen LogP contribution in [-0.2, 0) is 4.79 Å². The van der Waals surface area contributed by atoms with Crippen LogP contribution in [0.25, 0.3) is 0 Å². The Bertz CT molecular complexity index is 409. The van der Waals surface area contributed by atoms with Gasteiger partial charge in [0.25, 0.3) is 0 Å². The standard InChI is InChI=1S/C10H9FN2O/c1-6(14)10(13)7-3-2-4-9(11)8(7)5-12/h2-4,10H,13H2,1H3. The third-order valence-corrected chi connectivity index (χ3v) is 1.93. The highest BCUT2D eigenvalue weighted by atomic mass is 19.1. The molecule has 72 valence electrons. The summed E-state index contributed by atoms with van der Waals surface area (Å²) in [6, 6.07) is 4.83. The number of nitrogens with zero attached hydrogens (tertiary/aromatic N) is 1. The lowest BCUT2D eigenvalue weighted by atomic mass is 9.99. The van der Waals surface area contributed by atoms with Crippen molar-refractivity contribution in [3.8, 4) is 6.07 Å². The van der Waals surface area contributed by atoms with E-state index in [9.17, 15) is 9.18 Å². The van der Waals surface area contributed by atoms with Crippen LogP contribution in [0.5, 0.6) is 0 Å². The van der Waals surface area contributed by atoms with Crippen molar-refractivity contribution < 1.29 is 9.18 Å². The Balaban J connectivity index is 3.29. The van der Waals surface area contributed by atoms with E-state index in [1.165, 1.54) is 19.1 Å². The first-order valence-corrected chi connectivity index (χ1v) is 4.02. The van der Waals surface area contributed by atoms with Gasteiger partial charge in [-0.1, -0.05) is 12.1 Å². The fourth-order valence-electron chi connectivity index (χ4n) is 1.14. The molecule has 14 heavy (non-hydrogen) atoms. The maximum atomic E-state index is 13.1. The predicted octanol–water partition coefficient (Wildman–Crippen LogP) is 1.29. The molecule has 1 unspecified atom stereocenters.